The van der Waals surface area contributed by atoms with E-state index in [1.807, 2.05) is 6.66 Å². The van der Waals surface area contributed by atoms with Crippen LogP contribution in [-0.2, 0) is 18.3 Å². The molecule has 0 amide bonds. The molecular formula is C32H40Cl2GeHf. The molecule has 0 saturated heterocycles. The zero-order valence-electron chi connectivity index (χ0n) is 23.1. The maximum atomic E-state index is 2.56. The van der Waals surface area contributed by atoms with Gasteiger partial charge in [-0.2, -0.15) is 0 Å². The summed E-state index contributed by atoms with van der Waals surface area (Å²) in [5.41, 5.74) is 6.98. The first-order valence-corrected chi connectivity index (χ1v) is 28.7. The van der Waals surface area contributed by atoms with Crippen LogP contribution in [0, 0.1) is 10.8 Å². The molecule has 0 saturated carbocycles. The Morgan fingerprint density at radius 3 is 1.19 bits per heavy atom. The average molecular weight is 747 g/mol. The summed E-state index contributed by atoms with van der Waals surface area (Å²) in [6, 6.07) is 23.3. The molecule has 36 heavy (non-hydrogen) atoms. The Labute approximate surface area is 240 Å². The van der Waals surface area contributed by atoms with Gasteiger partial charge in [0.25, 0.3) is 0 Å². The first kappa shape index (κ1) is 31.6. The standard InChI is InChI=1S/C12H10Ge.2C10H15.2ClH.Hf/c1-3-7-11(8-4-1)13-12-9-5-2-6-10-12;2*1-8-5-6-9(7-8)10(2,3)4;;;/h1-10H;2*7H,6H2,1-4H3;2*1H;/q;;;;;+2/p-2. The quantitative estimate of drug-likeness (QED) is 0.419. The van der Waals surface area contributed by atoms with E-state index >= 15 is 0 Å². The van der Waals surface area contributed by atoms with Crippen LogP contribution in [0.15, 0.2) is 102 Å². The van der Waals surface area contributed by atoms with Crippen LogP contribution < -0.4 is 33.6 Å². The van der Waals surface area contributed by atoms with Crippen molar-refractivity contribution in [3.05, 3.63) is 102 Å². The van der Waals surface area contributed by atoms with Gasteiger partial charge in [0.05, 0.1) is 0 Å². The summed E-state index contributed by atoms with van der Waals surface area (Å²) >= 11 is -2.46. The second-order valence-corrected chi connectivity index (χ2v) is 40.9. The number of benzene rings is 2. The van der Waals surface area contributed by atoms with Gasteiger partial charge in [0.2, 0.25) is 0 Å². The second-order valence-electron chi connectivity index (χ2n) is 12.0. The Morgan fingerprint density at radius 1 is 0.583 bits per heavy atom. The van der Waals surface area contributed by atoms with Crippen LogP contribution in [0.25, 0.3) is 0 Å². The first-order chi connectivity index (χ1) is 16.0. The van der Waals surface area contributed by atoms with E-state index in [1.165, 1.54) is 12.8 Å². The largest absolute Gasteiger partial charge is 1.00 e. The fourth-order valence-electron chi connectivity index (χ4n) is 5.14. The van der Waals surface area contributed by atoms with E-state index in [0.717, 1.165) is 0 Å². The van der Waals surface area contributed by atoms with E-state index in [-0.39, 0.29) is 35.6 Å². The monoisotopic (exact) mass is 748 g/mol. The Hall–Kier alpha value is -0.607. The summed E-state index contributed by atoms with van der Waals surface area (Å²) in [6.07, 6.45) is 7.56. The van der Waals surface area contributed by atoms with Gasteiger partial charge in [0, 0.05) is 0 Å². The summed E-state index contributed by atoms with van der Waals surface area (Å²) in [7, 11) is -1.76. The molecule has 2 aromatic rings. The maximum absolute atomic E-state index is 2.56. The molecule has 190 valence electrons. The number of hydrogen-bond donors (Lipinski definition) is 0. The number of rotatable bonds is 4. The van der Waals surface area contributed by atoms with Crippen molar-refractivity contribution >= 4 is 18.8 Å². The molecule has 0 spiro atoms. The van der Waals surface area contributed by atoms with Crippen molar-refractivity contribution in [2.45, 2.75) is 68.2 Å². The fourth-order valence-corrected chi connectivity index (χ4v) is 55.9. The molecule has 2 aliphatic rings. The second kappa shape index (κ2) is 12.5. The minimum Gasteiger partial charge on any atom is -1.00 e. The zero-order valence-corrected chi connectivity index (χ0v) is 30.3. The van der Waals surface area contributed by atoms with E-state index in [4.69, 9.17) is 0 Å². The van der Waals surface area contributed by atoms with Crippen LogP contribution in [0.4, 0.5) is 0 Å². The molecule has 0 heterocycles. The van der Waals surface area contributed by atoms with E-state index in [1.54, 1.807) is 31.1 Å². The molecule has 0 unspecified atom stereocenters. The third kappa shape index (κ3) is 6.87. The summed E-state index contributed by atoms with van der Waals surface area (Å²) in [4.78, 5) is 0. The van der Waals surface area contributed by atoms with Crippen molar-refractivity contribution in [2.75, 3.05) is 0 Å². The Balaban J connectivity index is 0.00000228. The van der Waals surface area contributed by atoms with E-state index < -0.39 is 28.4 Å². The predicted octanol–water partition coefficient (Wildman–Crippen LogP) is 1.72. The fraction of sp³-hybridized carbons (Fsp3) is 0.375. The molecule has 4 rings (SSSR count). The van der Waals surface area contributed by atoms with Gasteiger partial charge in [0.15, 0.2) is 0 Å². The zero-order chi connectivity index (χ0) is 24.7. The van der Waals surface area contributed by atoms with E-state index in [2.05, 4.69) is 128 Å². The van der Waals surface area contributed by atoms with Crippen molar-refractivity contribution in [1.29, 1.82) is 0 Å². The van der Waals surface area contributed by atoms with Crippen LogP contribution in [0.2, 0.25) is 0 Å². The van der Waals surface area contributed by atoms with Crippen molar-refractivity contribution in [3.8, 4) is 0 Å². The van der Waals surface area contributed by atoms with Crippen LogP contribution in [0.5, 0.6) is 0 Å². The van der Waals surface area contributed by atoms with Crippen LogP contribution in [0.3, 0.4) is 0 Å². The predicted molar refractivity (Wildman–Crippen MR) is 148 cm³/mol. The van der Waals surface area contributed by atoms with Crippen molar-refractivity contribution in [3.63, 3.8) is 0 Å². The molecule has 0 atom stereocenters. The summed E-state index contributed by atoms with van der Waals surface area (Å²) in [6.45, 7) is 19.2. The van der Waals surface area contributed by atoms with Gasteiger partial charge in [-0.15, -0.1) is 0 Å². The average Bonchev–Trinajstić information content (AvgIpc) is 3.36. The van der Waals surface area contributed by atoms with Crippen LogP contribution in [0.1, 0.15) is 68.2 Å². The van der Waals surface area contributed by atoms with Crippen molar-refractivity contribution < 1.29 is 43.2 Å². The normalized spacial score (nSPS) is 15.5. The molecule has 0 fully saturated rings. The molecule has 0 aliphatic heterocycles. The van der Waals surface area contributed by atoms with Crippen molar-refractivity contribution in [1.82, 2.24) is 0 Å². The first-order valence-electron chi connectivity index (χ1n) is 12.6. The van der Waals surface area contributed by atoms with Gasteiger partial charge < -0.3 is 24.8 Å². The van der Waals surface area contributed by atoms with Crippen LogP contribution >= 0.6 is 0 Å². The van der Waals surface area contributed by atoms with Gasteiger partial charge in [-0.25, -0.2) is 0 Å². The third-order valence-electron chi connectivity index (χ3n) is 7.37. The van der Waals surface area contributed by atoms with Gasteiger partial charge in [-0.05, 0) is 0 Å². The molecule has 0 radical (unpaired) electrons. The van der Waals surface area contributed by atoms with Gasteiger partial charge in [-0.1, -0.05) is 0 Å². The van der Waals surface area contributed by atoms with Gasteiger partial charge in [0.1, 0.15) is 0 Å². The number of halogens is 2. The van der Waals surface area contributed by atoms with Gasteiger partial charge >= 0.3 is 218 Å². The Bertz CT molecular complexity index is 1150. The van der Waals surface area contributed by atoms with Gasteiger partial charge in [-0.3, -0.25) is 0 Å². The minimum absolute atomic E-state index is 0. The molecular weight excluding hydrogens is 706 g/mol. The summed E-state index contributed by atoms with van der Waals surface area (Å²) in [5.74, 6) is 0. The smallest absolute Gasteiger partial charge is 1.00 e. The minimum atomic E-state index is -2.46. The van der Waals surface area contributed by atoms with E-state index in [0.29, 0.717) is 0 Å². The van der Waals surface area contributed by atoms with E-state index in [9.17, 15) is 0 Å². The topological polar surface area (TPSA) is 0 Å². The molecule has 0 bridgehead atoms. The summed E-state index contributed by atoms with van der Waals surface area (Å²) in [5, 5.41) is 0. The molecule has 2 aromatic carbocycles. The number of hydrogen-bond acceptors (Lipinski definition) is 0. The Morgan fingerprint density at radius 2 is 0.917 bits per heavy atom. The summed E-state index contributed by atoms with van der Waals surface area (Å²) < 4.78 is 7.14. The molecule has 4 heteroatoms. The SMILES string of the molecule is CC1=[C]([Hf+2]([C]2=C(C)C=C(C(C)(C)C)C2)=[Ge]([c]2ccccc2)[c]2ccccc2)CC(C(C)(C)C)=C1.[Cl-].[Cl-]. The molecule has 2 aliphatic carbocycles. The van der Waals surface area contributed by atoms with Crippen molar-refractivity contribution in [2.24, 2.45) is 10.8 Å². The molecule has 0 aromatic heterocycles. The third-order valence-corrected chi connectivity index (χ3v) is 51.2. The molecule has 0 nitrogen and oxygen atoms in total. The van der Waals surface area contributed by atoms with Crippen LogP contribution in [-0.4, -0.2) is 10.1 Å². The Kier molecular flexibility index (Phi) is 11.0. The number of allylic oxidation sites excluding steroid dienone is 8. The molecule has 0 N–H and O–H groups in total. The maximum Gasteiger partial charge on any atom is -1.00 e.